The highest BCUT2D eigenvalue weighted by atomic mass is 16.4. The van der Waals surface area contributed by atoms with E-state index in [1.807, 2.05) is 31.3 Å². The highest BCUT2D eigenvalue weighted by Crippen LogP contribution is 2.22. The molecular weight excluding hydrogens is 306 g/mol. The number of carbonyl (C=O) groups is 1. The maximum atomic E-state index is 12.1. The Balaban J connectivity index is 1.94. The number of aliphatic hydroxyl groups is 1. The molecule has 1 heterocycles. The van der Waals surface area contributed by atoms with Gasteiger partial charge in [-0.1, -0.05) is 6.07 Å². The molecule has 0 spiro atoms. The number of carbonyl (C=O) groups excluding carboxylic acids is 1. The molecule has 0 fully saturated rings. The summed E-state index contributed by atoms with van der Waals surface area (Å²) in [5.41, 5.74) is 0.447. The Kier molecular flexibility index (Phi) is 5.51. The van der Waals surface area contributed by atoms with Crippen molar-refractivity contribution in [3.05, 3.63) is 47.9 Å². The molecule has 1 aromatic heterocycles. The molecule has 6 nitrogen and oxygen atoms in total. The van der Waals surface area contributed by atoms with Crippen molar-refractivity contribution >= 4 is 17.4 Å². The lowest BCUT2D eigenvalue weighted by atomic mass is 10.0. The van der Waals surface area contributed by atoms with Crippen molar-refractivity contribution in [1.29, 1.82) is 0 Å². The van der Waals surface area contributed by atoms with Gasteiger partial charge in [-0.05, 0) is 51.1 Å². The van der Waals surface area contributed by atoms with E-state index in [1.54, 1.807) is 26.0 Å². The van der Waals surface area contributed by atoms with Crippen molar-refractivity contribution in [3.63, 3.8) is 0 Å². The third-order valence-electron chi connectivity index (χ3n) is 3.88. The molecule has 6 heteroatoms. The molecule has 1 aromatic carbocycles. The number of hydrogen-bond acceptors (Lipinski definition) is 4. The van der Waals surface area contributed by atoms with Crippen LogP contribution in [0.1, 0.15) is 25.4 Å². The van der Waals surface area contributed by atoms with Gasteiger partial charge in [0.25, 0.3) is 0 Å². The number of aryl methyl sites for hydroxylation is 1. The van der Waals surface area contributed by atoms with Crippen molar-refractivity contribution in [2.45, 2.75) is 26.4 Å². The van der Waals surface area contributed by atoms with Crippen molar-refractivity contribution in [3.8, 4) is 0 Å². The van der Waals surface area contributed by atoms with Crippen molar-refractivity contribution < 1.29 is 14.3 Å². The third-order valence-corrected chi connectivity index (χ3v) is 3.88. The number of urea groups is 1. The number of rotatable bonds is 6. The van der Waals surface area contributed by atoms with Gasteiger partial charge in [0.15, 0.2) is 0 Å². The van der Waals surface area contributed by atoms with Gasteiger partial charge in [-0.2, -0.15) is 0 Å². The molecule has 0 saturated carbocycles. The van der Waals surface area contributed by atoms with E-state index in [0.717, 1.165) is 12.2 Å². The first kappa shape index (κ1) is 17.9. The highest BCUT2D eigenvalue weighted by molar-refractivity contribution is 5.89. The van der Waals surface area contributed by atoms with Crippen molar-refractivity contribution in [1.82, 2.24) is 5.32 Å². The summed E-state index contributed by atoms with van der Waals surface area (Å²) >= 11 is 0. The molecule has 0 radical (unpaired) electrons. The minimum absolute atomic E-state index is 0.0420. The Labute approximate surface area is 142 Å². The SMILES string of the molecule is CCN(C)c1cccc(NC(=O)NCC(C)(O)c2ccc(C)o2)c1. The van der Waals surface area contributed by atoms with Crippen molar-refractivity contribution in [2.75, 3.05) is 30.4 Å². The normalized spacial score (nSPS) is 13.2. The van der Waals surface area contributed by atoms with Crippen LogP contribution in [0, 0.1) is 6.92 Å². The van der Waals surface area contributed by atoms with Gasteiger partial charge in [-0.25, -0.2) is 4.79 Å². The van der Waals surface area contributed by atoms with Crippen LogP contribution >= 0.6 is 0 Å². The number of benzene rings is 1. The summed E-state index contributed by atoms with van der Waals surface area (Å²) in [6, 6.07) is 10.7. The summed E-state index contributed by atoms with van der Waals surface area (Å²) < 4.78 is 5.43. The fraction of sp³-hybridized carbons (Fsp3) is 0.389. The summed E-state index contributed by atoms with van der Waals surface area (Å²) in [6.45, 7) is 6.38. The van der Waals surface area contributed by atoms with Crippen LogP contribution in [0.15, 0.2) is 40.8 Å². The van der Waals surface area contributed by atoms with Crippen LogP contribution in [-0.2, 0) is 5.60 Å². The van der Waals surface area contributed by atoms with E-state index in [-0.39, 0.29) is 12.6 Å². The zero-order valence-corrected chi connectivity index (χ0v) is 14.6. The third kappa shape index (κ3) is 4.52. The molecule has 0 aliphatic rings. The molecule has 2 aromatic rings. The molecular formula is C18H25N3O3. The standard InChI is InChI=1S/C18H25N3O3/c1-5-21(4)15-8-6-7-14(11-15)20-17(22)19-12-18(3,23)16-10-9-13(2)24-16/h6-11,23H,5,12H2,1-4H3,(H2,19,20,22). The maximum Gasteiger partial charge on any atom is 0.319 e. The minimum Gasteiger partial charge on any atom is -0.463 e. The average molecular weight is 331 g/mol. The summed E-state index contributed by atoms with van der Waals surface area (Å²) in [4.78, 5) is 14.1. The lowest BCUT2D eigenvalue weighted by Gasteiger charge is -2.21. The van der Waals surface area contributed by atoms with Gasteiger partial charge in [0.2, 0.25) is 0 Å². The largest absolute Gasteiger partial charge is 0.463 e. The van der Waals surface area contributed by atoms with Crippen LogP contribution in [-0.4, -0.2) is 31.3 Å². The van der Waals surface area contributed by atoms with Gasteiger partial charge in [0.1, 0.15) is 17.1 Å². The Morgan fingerprint density at radius 3 is 2.71 bits per heavy atom. The molecule has 0 aliphatic carbocycles. The monoisotopic (exact) mass is 331 g/mol. The van der Waals surface area contributed by atoms with E-state index in [0.29, 0.717) is 17.2 Å². The van der Waals surface area contributed by atoms with Gasteiger partial charge < -0.3 is 25.1 Å². The van der Waals surface area contributed by atoms with Crippen LogP contribution in [0.2, 0.25) is 0 Å². The fourth-order valence-electron chi connectivity index (χ4n) is 2.24. The molecule has 0 bridgehead atoms. The van der Waals surface area contributed by atoms with Crippen LogP contribution in [0.4, 0.5) is 16.2 Å². The van der Waals surface area contributed by atoms with Crippen LogP contribution in [0.5, 0.6) is 0 Å². The van der Waals surface area contributed by atoms with Crippen LogP contribution in [0.25, 0.3) is 0 Å². The number of amides is 2. The number of furan rings is 1. The summed E-state index contributed by atoms with van der Waals surface area (Å²) in [6.07, 6.45) is 0. The molecule has 1 atom stereocenters. The zero-order chi connectivity index (χ0) is 17.7. The average Bonchev–Trinajstić information content (AvgIpc) is 3.00. The molecule has 24 heavy (non-hydrogen) atoms. The number of nitrogens with one attached hydrogen (secondary N) is 2. The minimum atomic E-state index is -1.27. The number of anilines is 2. The highest BCUT2D eigenvalue weighted by Gasteiger charge is 2.27. The quantitative estimate of drug-likeness (QED) is 0.760. The maximum absolute atomic E-state index is 12.1. The molecule has 3 N–H and O–H groups in total. The first-order valence-corrected chi connectivity index (χ1v) is 7.97. The van der Waals surface area contributed by atoms with Gasteiger partial charge in [0.05, 0.1) is 6.54 Å². The van der Waals surface area contributed by atoms with Gasteiger partial charge in [-0.15, -0.1) is 0 Å². The summed E-state index contributed by atoms with van der Waals surface area (Å²) in [5, 5.41) is 15.9. The zero-order valence-electron chi connectivity index (χ0n) is 14.6. The molecule has 0 saturated heterocycles. The Hall–Kier alpha value is -2.47. The predicted molar refractivity (Wildman–Crippen MR) is 95.4 cm³/mol. The van der Waals surface area contributed by atoms with E-state index in [1.165, 1.54) is 0 Å². The first-order chi connectivity index (χ1) is 11.3. The number of nitrogens with zero attached hydrogens (tertiary/aromatic N) is 1. The van der Waals surface area contributed by atoms with E-state index >= 15 is 0 Å². The van der Waals surface area contributed by atoms with Gasteiger partial charge in [-0.3, -0.25) is 0 Å². The Morgan fingerprint density at radius 1 is 1.33 bits per heavy atom. The fourth-order valence-corrected chi connectivity index (χ4v) is 2.24. The Bertz CT molecular complexity index is 694. The van der Waals surface area contributed by atoms with E-state index in [9.17, 15) is 9.90 Å². The lowest BCUT2D eigenvalue weighted by molar-refractivity contribution is 0.0364. The first-order valence-electron chi connectivity index (χ1n) is 7.97. The second kappa shape index (κ2) is 7.40. The van der Waals surface area contributed by atoms with Gasteiger partial charge in [0, 0.05) is 25.0 Å². The smallest absolute Gasteiger partial charge is 0.319 e. The van der Waals surface area contributed by atoms with Crippen molar-refractivity contribution in [2.24, 2.45) is 0 Å². The second-order valence-corrected chi connectivity index (χ2v) is 6.06. The van der Waals surface area contributed by atoms with Crippen LogP contribution < -0.4 is 15.5 Å². The van der Waals surface area contributed by atoms with Crippen LogP contribution in [0.3, 0.4) is 0 Å². The predicted octanol–water partition coefficient (Wildman–Crippen LogP) is 3.07. The number of hydrogen-bond donors (Lipinski definition) is 3. The molecule has 2 amide bonds. The Morgan fingerprint density at radius 2 is 2.08 bits per heavy atom. The molecule has 0 aliphatic heterocycles. The topological polar surface area (TPSA) is 77.7 Å². The molecule has 1 unspecified atom stereocenters. The molecule has 2 rings (SSSR count). The van der Waals surface area contributed by atoms with E-state index < -0.39 is 5.60 Å². The van der Waals surface area contributed by atoms with E-state index in [2.05, 4.69) is 22.5 Å². The second-order valence-electron chi connectivity index (χ2n) is 6.06. The van der Waals surface area contributed by atoms with Gasteiger partial charge >= 0.3 is 6.03 Å². The summed E-state index contributed by atoms with van der Waals surface area (Å²) in [5.74, 6) is 1.14. The summed E-state index contributed by atoms with van der Waals surface area (Å²) in [7, 11) is 1.99. The lowest BCUT2D eigenvalue weighted by Crippen LogP contribution is -2.40. The molecule has 130 valence electrons. The van der Waals surface area contributed by atoms with E-state index in [4.69, 9.17) is 4.42 Å².